The fraction of sp³-hybridized carbons (Fsp3) is 0.409. The van der Waals surface area contributed by atoms with E-state index < -0.39 is 0 Å². The molecule has 2 aromatic carbocycles. The van der Waals surface area contributed by atoms with Crippen molar-refractivity contribution in [1.29, 1.82) is 0 Å². The van der Waals surface area contributed by atoms with Crippen LogP contribution in [0.4, 0.5) is 16.2 Å². The number of aryl methyl sites for hydroxylation is 1. The summed E-state index contributed by atoms with van der Waals surface area (Å²) in [6, 6.07) is 14.1. The van der Waals surface area contributed by atoms with Gasteiger partial charge in [0.1, 0.15) is 0 Å². The number of likely N-dealkylation sites (tertiary alicyclic amines) is 1. The normalized spacial score (nSPS) is 18.6. The molecular weight excluding hydrogens is 338 g/mol. The van der Waals surface area contributed by atoms with Crippen LogP contribution in [0.3, 0.4) is 0 Å². The Balaban J connectivity index is 1.48. The SMILES string of the molecule is Cc1ccc(-c2ccc(N)c(NC(=O)N3CCC4(CCOCC4)C3)c2)cc1. The summed E-state index contributed by atoms with van der Waals surface area (Å²) in [7, 11) is 0. The second kappa shape index (κ2) is 7.24. The molecule has 2 saturated heterocycles. The van der Waals surface area contributed by atoms with Crippen molar-refractivity contribution in [3.05, 3.63) is 48.0 Å². The number of hydrogen-bond donors (Lipinski definition) is 2. The zero-order valence-corrected chi connectivity index (χ0v) is 15.8. The van der Waals surface area contributed by atoms with Crippen LogP contribution in [0.1, 0.15) is 24.8 Å². The van der Waals surface area contributed by atoms with Crippen molar-refractivity contribution in [3.8, 4) is 11.1 Å². The number of urea groups is 1. The van der Waals surface area contributed by atoms with Gasteiger partial charge in [-0.2, -0.15) is 0 Å². The lowest BCUT2D eigenvalue weighted by Gasteiger charge is -2.33. The minimum Gasteiger partial charge on any atom is -0.397 e. The Morgan fingerprint density at radius 2 is 1.78 bits per heavy atom. The Kier molecular flexibility index (Phi) is 4.79. The van der Waals surface area contributed by atoms with Gasteiger partial charge in [0.05, 0.1) is 11.4 Å². The van der Waals surface area contributed by atoms with E-state index >= 15 is 0 Å². The third-order valence-corrected chi connectivity index (χ3v) is 5.96. The van der Waals surface area contributed by atoms with Gasteiger partial charge in [0, 0.05) is 26.3 Å². The molecule has 27 heavy (non-hydrogen) atoms. The first-order valence-electron chi connectivity index (χ1n) is 9.65. The molecule has 0 unspecified atom stereocenters. The predicted octanol–water partition coefficient (Wildman–Crippen LogP) is 4.28. The van der Waals surface area contributed by atoms with Crippen LogP contribution in [0.25, 0.3) is 11.1 Å². The number of carbonyl (C=O) groups excluding carboxylic acids is 1. The summed E-state index contributed by atoms with van der Waals surface area (Å²) in [6.07, 6.45) is 3.15. The molecule has 0 radical (unpaired) electrons. The number of anilines is 2. The van der Waals surface area contributed by atoms with Crippen LogP contribution in [-0.2, 0) is 4.74 Å². The number of ether oxygens (including phenoxy) is 1. The maximum Gasteiger partial charge on any atom is 0.321 e. The number of nitrogens with zero attached hydrogens (tertiary/aromatic N) is 1. The van der Waals surface area contributed by atoms with Gasteiger partial charge in [0.25, 0.3) is 0 Å². The third-order valence-electron chi connectivity index (χ3n) is 5.96. The maximum absolute atomic E-state index is 12.8. The lowest BCUT2D eigenvalue weighted by atomic mass is 9.80. The van der Waals surface area contributed by atoms with Crippen molar-refractivity contribution in [2.75, 3.05) is 37.4 Å². The van der Waals surface area contributed by atoms with Crippen molar-refractivity contribution < 1.29 is 9.53 Å². The van der Waals surface area contributed by atoms with Gasteiger partial charge < -0.3 is 20.7 Å². The second-order valence-corrected chi connectivity index (χ2v) is 7.88. The van der Waals surface area contributed by atoms with Gasteiger partial charge >= 0.3 is 6.03 Å². The summed E-state index contributed by atoms with van der Waals surface area (Å²) in [5.41, 5.74) is 11.0. The lowest BCUT2D eigenvalue weighted by Crippen LogP contribution is -2.37. The molecule has 2 heterocycles. The van der Waals surface area contributed by atoms with Crippen LogP contribution < -0.4 is 11.1 Å². The maximum atomic E-state index is 12.8. The van der Waals surface area contributed by atoms with Gasteiger partial charge in [0.2, 0.25) is 0 Å². The summed E-state index contributed by atoms with van der Waals surface area (Å²) >= 11 is 0. The fourth-order valence-corrected chi connectivity index (χ4v) is 4.11. The highest BCUT2D eigenvalue weighted by molar-refractivity contribution is 5.94. The number of hydrogen-bond acceptors (Lipinski definition) is 3. The highest BCUT2D eigenvalue weighted by Crippen LogP contribution is 2.40. The molecule has 3 N–H and O–H groups in total. The minimum absolute atomic E-state index is 0.0638. The van der Waals surface area contributed by atoms with E-state index in [0.29, 0.717) is 11.4 Å². The summed E-state index contributed by atoms with van der Waals surface area (Å²) in [5.74, 6) is 0. The Labute approximate surface area is 160 Å². The Bertz CT molecular complexity index is 826. The Morgan fingerprint density at radius 3 is 2.52 bits per heavy atom. The minimum atomic E-state index is -0.0638. The van der Waals surface area contributed by atoms with Crippen molar-refractivity contribution in [2.45, 2.75) is 26.2 Å². The van der Waals surface area contributed by atoms with E-state index in [1.807, 2.05) is 23.1 Å². The molecule has 2 aliphatic rings. The van der Waals surface area contributed by atoms with Crippen molar-refractivity contribution in [2.24, 2.45) is 5.41 Å². The van der Waals surface area contributed by atoms with Crippen LogP contribution in [0.5, 0.6) is 0 Å². The van der Waals surface area contributed by atoms with Crippen molar-refractivity contribution >= 4 is 17.4 Å². The van der Waals surface area contributed by atoms with E-state index in [-0.39, 0.29) is 11.4 Å². The number of rotatable bonds is 2. The molecule has 0 atom stereocenters. The first-order chi connectivity index (χ1) is 13.0. The molecule has 0 aromatic heterocycles. The number of carbonyl (C=O) groups is 1. The van der Waals surface area contributed by atoms with Crippen molar-refractivity contribution in [3.63, 3.8) is 0 Å². The van der Waals surface area contributed by atoms with Gasteiger partial charge in [-0.3, -0.25) is 0 Å². The zero-order chi connectivity index (χ0) is 18.9. The average Bonchev–Trinajstić information content (AvgIpc) is 3.08. The molecule has 0 saturated carbocycles. The first-order valence-corrected chi connectivity index (χ1v) is 9.65. The highest BCUT2D eigenvalue weighted by Gasteiger charge is 2.41. The molecule has 0 aliphatic carbocycles. The molecule has 5 heteroatoms. The number of benzene rings is 2. The number of amides is 2. The predicted molar refractivity (Wildman–Crippen MR) is 109 cm³/mol. The quantitative estimate of drug-likeness (QED) is 0.781. The molecule has 0 bridgehead atoms. The van der Waals surface area contributed by atoms with Gasteiger partial charge in [-0.25, -0.2) is 4.79 Å². The summed E-state index contributed by atoms with van der Waals surface area (Å²) in [4.78, 5) is 14.7. The van der Waals surface area contributed by atoms with Gasteiger partial charge in [-0.15, -0.1) is 0 Å². The van der Waals surface area contributed by atoms with E-state index in [0.717, 1.165) is 56.7 Å². The topological polar surface area (TPSA) is 67.6 Å². The van der Waals surface area contributed by atoms with Crippen molar-refractivity contribution in [1.82, 2.24) is 4.90 Å². The molecule has 4 rings (SSSR count). The van der Waals surface area contributed by atoms with E-state index in [1.54, 1.807) is 0 Å². The zero-order valence-electron chi connectivity index (χ0n) is 15.8. The molecular formula is C22H27N3O2. The third kappa shape index (κ3) is 3.78. The molecule has 2 aromatic rings. The number of nitrogen functional groups attached to an aromatic ring is 1. The van der Waals surface area contributed by atoms with E-state index in [4.69, 9.17) is 10.5 Å². The first kappa shape index (κ1) is 17.9. The highest BCUT2D eigenvalue weighted by atomic mass is 16.5. The molecule has 1 spiro atoms. The average molecular weight is 365 g/mol. The largest absolute Gasteiger partial charge is 0.397 e. The second-order valence-electron chi connectivity index (χ2n) is 7.88. The van der Waals surface area contributed by atoms with E-state index in [9.17, 15) is 4.79 Å². The van der Waals surface area contributed by atoms with Crippen LogP contribution in [0.15, 0.2) is 42.5 Å². The summed E-state index contributed by atoms with van der Waals surface area (Å²) in [5, 5.41) is 3.03. The van der Waals surface area contributed by atoms with Crippen LogP contribution in [0.2, 0.25) is 0 Å². The smallest absolute Gasteiger partial charge is 0.321 e. The van der Waals surface area contributed by atoms with Gasteiger partial charge in [0.15, 0.2) is 0 Å². The van der Waals surface area contributed by atoms with Crippen LogP contribution >= 0.6 is 0 Å². The number of nitrogens with two attached hydrogens (primary N) is 1. The molecule has 142 valence electrons. The molecule has 2 fully saturated rings. The monoisotopic (exact) mass is 365 g/mol. The summed E-state index contributed by atoms with van der Waals surface area (Å²) in [6.45, 7) is 5.28. The Morgan fingerprint density at radius 1 is 1.07 bits per heavy atom. The van der Waals surface area contributed by atoms with Gasteiger partial charge in [-0.05, 0) is 54.9 Å². The standard InChI is InChI=1S/C22H27N3O2/c1-16-2-4-17(5-3-16)18-6-7-19(23)20(14-18)24-21(26)25-11-8-22(15-25)9-12-27-13-10-22/h2-7,14H,8-13,15,23H2,1H3,(H,24,26). The van der Waals surface area contributed by atoms with E-state index in [2.05, 4.69) is 36.5 Å². The summed E-state index contributed by atoms with van der Waals surface area (Å²) < 4.78 is 5.49. The van der Waals surface area contributed by atoms with Crippen LogP contribution in [0, 0.1) is 12.3 Å². The Hall–Kier alpha value is -2.53. The van der Waals surface area contributed by atoms with E-state index in [1.165, 1.54) is 5.56 Å². The fourth-order valence-electron chi connectivity index (χ4n) is 4.11. The molecule has 2 amide bonds. The van der Waals surface area contributed by atoms with Crippen LogP contribution in [-0.4, -0.2) is 37.2 Å². The lowest BCUT2D eigenvalue weighted by molar-refractivity contribution is 0.0211. The molecule has 2 aliphatic heterocycles. The number of nitrogens with one attached hydrogen (secondary N) is 1. The molecule has 5 nitrogen and oxygen atoms in total. The van der Waals surface area contributed by atoms with Gasteiger partial charge in [-0.1, -0.05) is 35.9 Å².